The van der Waals surface area contributed by atoms with Crippen LogP contribution in [0.25, 0.3) is 0 Å². The highest BCUT2D eigenvalue weighted by atomic mass is 79.9. The number of halogens is 3. The van der Waals surface area contributed by atoms with Gasteiger partial charge in [0.2, 0.25) is 0 Å². The number of amides is 2. The normalized spacial score (nSPS) is 13.8. The molecule has 0 bridgehead atoms. The van der Waals surface area contributed by atoms with Crippen LogP contribution < -0.4 is 4.90 Å². The van der Waals surface area contributed by atoms with Gasteiger partial charge in [-0.2, -0.15) is 0 Å². The summed E-state index contributed by atoms with van der Waals surface area (Å²) in [7, 11) is 0. The van der Waals surface area contributed by atoms with Gasteiger partial charge in [0.1, 0.15) is 0 Å². The summed E-state index contributed by atoms with van der Waals surface area (Å²) in [5, 5.41) is 0. The molecule has 3 rings (SSSR count). The van der Waals surface area contributed by atoms with Crippen LogP contribution in [0.15, 0.2) is 49.8 Å². The molecule has 0 spiro atoms. The first-order valence-electron chi connectivity index (χ1n) is 5.62. The highest BCUT2D eigenvalue weighted by molar-refractivity contribution is 9.11. The van der Waals surface area contributed by atoms with E-state index in [0.717, 1.165) is 8.95 Å². The van der Waals surface area contributed by atoms with Crippen molar-refractivity contribution >= 4 is 65.3 Å². The average Bonchev–Trinajstić information content (AvgIpc) is 2.65. The highest BCUT2D eigenvalue weighted by Gasteiger charge is 2.37. The van der Waals surface area contributed by atoms with E-state index in [9.17, 15) is 9.59 Å². The Bertz CT molecular complexity index is 758. The molecule has 0 aromatic heterocycles. The molecule has 1 aliphatic rings. The molecule has 100 valence electrons. The summed E-state index contributed by atoms with van der Waals surface area (Å²) in [5.41, 5.74) is 1.36. The quantitative estimate of drug-likeness (QED) is 0.576. The van der Waals surface area contributed by atoms with Crippen molar-refractivity contribution in [1.82, 2.24) is 0 Å². The van der Waals surface area contributed by atoms with Crippen LogP contribution in [0.2, 0.25) is 0 Å². The first-order valence-corrected chi connectivity index (χ1v) is 8.00. The zero-order valence-corrected chi connectivity index (χ0v) is 14.6. The fourth-order valence-corrected chi connectivity index (χ4v) is 3.22. The standard InChI is InChI=1S/C14H6Br3NO2/c15-7-1-3-9-10(5-7)14(20)18(13(9)19)12-6-8(16)2-4-11(12)17/h1-6H. The highest BCUT2D eigenvalue weighted by Crippen LogP contribution is 2.35. The number of hydrogen-bond donors (Lipinski definition) is 0. The van der Waals surface area contributed by atoms with Crippen LogP contribution in [0, 0.1) is 0 Å². The van der Waals surface area contributed by atoms with Crippen LogP contribution in [-0.4, -0.2) is 11.8 Å². The van der Waals surface area contributed by atoms with E-state index in [1.54, 1.807) is 30.3 Å². The van der Waals surface area contributed by atoms with E-state index in [1.807, 2.05) is 6.07 Å². The molecule has 3 nitrogen and oxygen atoms in total. The minimum absolute atomic E-state index is 0.309. The molecule has 2 amide bonds. The minimum atomic E-state index is -0.315. The van der Waals surface area contributed by atoms with Gasteiger partial charge in [0.05, 0.1) is 16.8 Å². The number of rotatable bonds is 1. The monoisotopic (exact) mass is 457 g/mol. The van der Waals surface area contributed by atoms with Crippen molar-refractivity contribution in [3.05, 3.63) is 60.9 Å². The van der Waals surface area contributed by atoms with Crippen LogP contribution in [0.1, 0.15) is 20.7 Å². The summed E-state index contributed by atoms with van der Waals surface area (Å²) in [6.45, 7) is 0. The van der Waals surface area contributed by atoms with Crippen LogP contribution in [0.5, 0.6) is 0 Å². The minimum Gasteiger partial charge on any atom is -0.268 e. The van der Waals surface area contributed by atoms with Crippen molar-refractivity contribution in [3.8, 4) is 0 Å². The van der Waals surface area contributed by atoms with Crippen LogP contribution in [0.4, 0.5) is 5.69 Å². The van der Waals surface area contributed by atoms with Gasteiger partial charge in [-0.15, -0.1) is 0 Å². The molecular weight excluding hydrogens is 454 g/mol. The number of hydrogen-bond acceptors (Lipinski definition) is 2. The maximum absolute atomic E-state index is 12.5. The van der Waals surface area contributed by atoms with Crippen molar-refractivity contribution in [3.63, 3.8) is 0 Å². The molecule has 0 N–H and O–H groups in total. The molecule has 0 saturated heterocycles. The molecule has 6 heteroatoms. The first kappa shape index (κ1) is 14.0. The van der Waals surface area contributed by atoms with Crippen molar-refractivity contribution in [2.24, 2.45) is 0 Å². The molecule has 0 atom stereocenters. The van der Waals surface area contributed by atoms with E-state index < -0.39 is 0 Å². The number of fused-ring (bicyclic) bond motifs is 1. The molecule has 0 unspecified atom stereocenters. The van der Waals surface area contributed by atoms with Gasteiger partial charge in [-0.25, -0.2) is 4.90 Å². The predicted octanol–water partition coefficient (Wildman–Crippen LogP) is 4.77. The molecule has 0 radical (unpaired) electrons. The second kappa shape index (κ2) is 5.09. The van der Waals surface area contributed by atoms with E-state index in [0.29, 0.717) is 21.3 Å². The Morgan fingerprint density at radius 2 is 1.35 bits per heavy atom. The van der Waals surface area contributed by atoms with Gasteiger partial charge in [0, 0.05) is 13.4 Å². The summed E-state index contributed by atoms with van der Waals surface area (Å²) in [5.74, 6) is -0.624. The van der Waals surface area contributed by atoms with Crippen LogP contribution in [-0.2, 0) is 0 Å². The Hall–Kier alpha value is -0.980. The summed E-state index contributed by atoms with van der Waals surface area (Å²) in [6.07, 6.45) is 0. The SMILES string of the molecule is O=C1c2ccc(Br)cc2C(=O)N1c1cc(Br)ccc1Br. The van der Waals surface area contributed by atoms with E-state index in [2.05, 4.69) is 47.8 Å². The number of anilines is 1. The summed E-state index contributed by atoms with van der Waals surface area (Å²) < 4.78 is 2.26. The maximum atomic E-state index is 12.5. The molecule has 1 aliphatic heterocycles. The van der Waals surface area contributed by atoms with Crippen LogP contribution >= 0.6 is 47.8 Å². The number of nitrogens with zero attached hydrogens (tertiary/aromatic N) is 1. The predicted molar refractivity (Wildman–Crippen MR) is 87.1 cm³/mol. The van der Waals surface area contributed by atoms with Gasteiger partial charge in [-0.1, -0.05) is 31.9 Å². The molecule has 0 fully saturated rings. The van der Waals surface area contributed by atoms with Gasteiger partial charge in [0.15, 0.2) is 0 Å². The number of benzene rings is 2. The van der Waals surface area contributed by atoms with Crippen molar-refractivity contribution in [2.45, 2.75) is 0 Å². The second-order valence-corrected chi connectivity index (χ2v) is 6.92. The third-order valence-corrected chi connectivity index (χ3v) is 4.65. The zero-order valence-electron chi connectivity index (χ0n) is 9.86. The first-order chi connectivity index (χ1) is 9.49. The van der Waals surface area contributed by atoms with Gasteiger partial charge in [-0.05, 0) is 52.3 Å². The lowest BCUT2D eigenvalue weighted by Gasteiger charge is -2.16. The number of imide groups is 1. The number of carbonyl (C=O) groups is 2. The molecule has 20 heavy (non-hydrogen) atoms. The summed E-state index contributed by atoms with van der Waals surface area (Å²) in [4.78, 5) is 26.1. The van der Waals surface area contributed by atoms with Crippen LogP contribution in [0.3, 0.4) is 0 Å². The topological polar surface area (TPSA) is 37.4 Å². The second-order valence-electron chi connectivity index (χ2n) is 4.23. The van der Waals surface area contributed by atoms with Gasteiger partial charge >= 0.3 is 0 Å². The van der Waals surface area contributed by atoms with Gasteiger partial charge in [-0.3, -0.25) is 9.59 Å². The Balaban J connectivity index is 2.16. The van der Waals surface area contributed by atoms with E-state index >= 15 is 0 Å². The Morgan fingerprint density at radius 3 is 2.10 bits per heavy atom. The Kier molecular flexibility index (Phi) is 3.56. The Morgan fingerprint density at radius 1 is 0.750 bits per heavy atom. The fraction of sp³-hybridized carbons (Fsp3) is 0. The lowest BCUT2D eigenvalue weighted by atomic mass is 10.1. The number of carbonyl (C=O) groups excluding carboxylic acids is 2. The molecule has 1 heterocycles. The maximum Gasteiger partial charge on any atom is 0.266 e. The van der Waals surface area contributed by atoms with E-state index in [1.165, 1.54) is 4.90 Å². The van der Waals surface area contributed by atoms with Crippen molar-refractivity contribution in [2.75, 3.05) is 4.90 Å². The Labute approximate surface area is 140 Å². The fourth-order valence-electron chi connectivity index (χ4n) is 2.09. The van der Waals surface area contributed by atoms with Crippen molar-refractivity contribution in [1.29, 1.82) is 0 Å². The molecule has 2 aromatic rings. The van der Waals surface area contributed by atoms with E-state index in [4.69, 9.17) is 0 Å². The molecular formula is C14H6Br3NO2. The lowest BCUT2D eigenvalue weighted by Crippen LogP contribution is -2.29. The molecule has 0 aliphatic carbocycles. The van der Waals surface area contributed by atoms with Gasteiger partial charge in [0.25, 0.3) is 11.8 Å². The third-order valence-electron chi connectivity index (χ3n) is 3.00. The third kappa shape index (κ3) is 2.16. The average molecular weight is 460 g/mol. The van der Waals surface area contributed by atoms with E-state index in [-0.39, 0.29) is 11.8 Å². The van der Waals surface area contributed by atoms with Gasteiger partial charge < -0.3 is 0 Å². The summed E-state index contributed by atoms with van der Waals surface area (Å²) >= 11 is 10.0. The molecule has 2 aromatic carbocycles. The van der Waals surface area contributed by atoms with Crippen molar-refractivity contribution < 1.29 is 9.59 Å². The lowest BCUT2D eigenvalue weighted by molar-refractivity contribution is 0.0926. The zero-order chi connectivity index (χ0) is 14.4. The smallest absolute Gasteiger partial charge is 0.266 e. The largest absolute Gasteiger partial charge is 0.268 e. The molecule has 0 saturated carbocycles. The summed E-state index contributed by atoms with van der Waals surface area (Å²) in [6, 6.07) is 10.4.